The number of rotatable bonds is 7. The van der Waals surface area contributed by atoms with Crippen molar-refractivity contribution < 1.29 is 19.0 Å². The Morgan fingerprint density at radius 2 is 1.92 bits per heavy atom. The molecule has 0 saturated carbocycles. The third-order valence-corrected chi connectivity index (χ3v) is 3.47. The number of halogens is 1. The molecule has 0 amide bonds. The molecule has 0 bridgehead atoms. The van der Waals surface area contributed by atoms with E-state index in [1.165, 1.54) is 6.08 Å². The van der Waals surface area contributed by atoms with Crippen LogP contribution in [0, 0.1) is 5.92 Å². The van der Waals surface area contributed by atoms with Crippen LogP contribution in [0.5, 0.6) is 17.2 Å². The smallest absolute Gasteiger partial charge is 0.336 e. The van der Waals surface area contributed by atoms with E-state index in [-0.39, 0.29) is 0 Å². The molecule has 0 N–H and O–H groups in total. The van der Waals surface area contributed by atoms with Gasteiger partial charge in [0.1, 0.15) is 5.75 Å². The lowest BCUT2D eigenvalue weighted by atomic mass is 10.2. The van der Waals surface area contributed by atoms with Crippen molar-refractivity contribution in [2.75, 3.05) is 13.7 Å². The van der Waals surface area contributed by atoms with Crippen molar-refractivity contribution in [2.24, 2.45) is 5.92 Å². The number of methoxy groups -OCH3 is 1. The van der Waals surface area contributed by atoms with Crippen molar-refractivity contribution in [2.45, 2.75) is 13.8 Å². The molecular weight excluding hydrogens is 340 g/mol. The van der Waals surface area contributed by atoms with Crippen LogP contribution in [-0.2, 0) is 4.79 Å². The van der Waals surface area contributed by atoms with Crippen molar-refractivity contribution in [1.82, 2.24) is 0 Å². The third kappa shape index (κ3) is 5.84. The van der Waals surface area contributed by atoms with Crippen LogP contribution in [0.2, 0.25) is 5.02 Å². The molecule has 0 aliphatic rings. The first-order valence-corrected chi connectivity index (χ1v) is 8.32. The van der Waals surface area contributed by atoms with Gasteiger partial charge in [-0.25, -0.2) is 4.79 Å². The summed E-state index contributed by atoms with van der Waals surface area (Å²) in [7, 11) is 1.55. The Bertz CT molecular complexity index is 739. The second-order valence-electron chi connectivity index (χ2n) is 5.81. The first-order valence-electron chi connectivity index (χ1n) is 7.95. The first kappa shape index (κ1) is 18.9. The predicted octanol–water partition coefficient (Wildman–Crippen LogP) is 5.00. The molecule has 0 aliphatic carbocycles. The summed E-state index contributed by atoms with van der Waals surface area (Å²) >= 11 is 6.29. The molecule has 0 fully saturated rings. The number of carbonyl (C=O) groups is 1. The molecule has 0 spiro atoms. The molecule has 0 unspecified atom stereocenters. The number of esters is 1. The topological polar surface area (TPSA) is 44.8 Å². The van der Waals surface area contributed by atoms with Gasteiger partial charge < -0.3 is 14.2 Å². The van der Waals surface area contributed by atoms with Gasteiger partial charge in [-0.15, -0.1) is 0 Å². The molecule has 132 valence electrons. The van der Waals surface area contributed by atoms with E-state index < -0.39 is 5.97 Å². The second kappa shape index (κ2) is 9.14. The number of carbonyl (C=O) groups excluding carboxylic acids is 1. The van der Waals surface area contributed by atoms with Crippen molar-refractivity contribution in [3.05, 3.63) is 59.1 Å². The molecule has 5 heteroatoms. The zero-order valence-corrected chi connectivity index (χ0v) is 15.2. The first-order chi connectivity index (χ1) is 12.0. The summed E-state index contributed by atoms with van der Waals surface area (Å²) in [6.45, 7) is 4.64. The summed E-state index contributed by atoms with van der Waals surface area (Å²) in [6.07, 6.45) is 2.96. The number of ether oxygens (including phenoxy) is 3. The standard InChI is InChI=1S/C20H21ClO4/c1-14(2)13-24-20-17(21)11-15(12-18(20)23-3)9-10-19(22)25-16-7-5-4-6-8-16/h4-12,14H,13H2,1-3H3. The van der Waals surface area contributed by atoms with Crippen LogP contribution < -0.4 is 14.2 Å². The molecule has 0 heterocycles. The lowest BCUT2D eigenvalue weighted by Crippen LogP contribution is -2.06. The molecule has 2 aromatic carbocycles. The summed E-state index contributed by atoms with van der Waals surface area (Å²) in [6, 6.07) is 12.4. The summed E-state index contributed by atoms with van der Waals surface area (Å²) in [5, 5.41) is 0.427. The van der Waals surface area contributed by atoms with E-state index in [9.17, 15) is 4.79 Å². The highest BCUT2D eigenvalue weighted by molar-refractivity contribution is 6.32. The second-order valence-corrected chi connectivity index (χ2v) is 6.21. The highest BCUT2D eigenvalue weighted by Gasteiger charge is 2.12. The van der Waals surface area contributed by atoms with Gasteiger partial charge >= 0.3 is 5.97 Å². The summed E-state index contributed by atoms with van der Waals surface area (Å²) in [4.78, 5) is 11.9. The van der Waals surface area contributed by atoms with Crippen LogP contribution in [0.15, 0.2) is 48.5 Å². The van der Waals surface area contributed by atoms with E-state index in [1.54, 1.807) is 49.6 Å². The molecule has 0 atom stereocenters. The van der Waals surface area contributed by atoms with Crippen LogP contribution in [0.25, 0.3) is 6.08 Å². The van der Waals surface area contributed by atoms with Crippen LogP contribution in [0.1, 0.15) is 19.4 Å². The molecule has 0 radical (unpaired) electrons. The van der Waals surface area contributed by atoms with E-state index in [2.05, 4.69) is 13.8 Å². The minimum atomic E-state index is -0.471. The third-order valence-electron chi connectivity index (χ3n) is 3.19. The van der Waals surface area contributed by atoms with Crippen LogP contribution in [-0.4, -0.2) is 19.7 Å². The van der Waals surface area contributed by atoms with E-state index >= 15 is 0 Å². The minimum absolute atomic E-state index is 0.369. The van der Waals surface area contributed by atoms with Crippen molar-refractivity contribution in [1.29, 1.82) is 0 Å². The molecule has 0 saturated heterocycles. The van der Waals surface area contributed by atoms with E-state index in [4.69, 9.17) is 25.8 Å². The Kier molecular flexibility index (Phi) is 6.90. The molecule has 0 aliphatic heterocycles. The summed E-state index contributed by atoms with van der Waals surface area (Å²) in [5.74, 6) is 1.41. The molecule has 2 aromatic rings. The fourth-order valence-electron chi connectivity index (χ4n) is 2.03. The summed E-state index contributed by atoms with van der Waals surface area (Å²) < 4.78 is 16.2. The Hall–Kier alpha value is -2.46. The van der Waals surface area contributed by atoms with Crippen LogP contribution >= 0.6 is 11.6 Å². The lowest BCUT2D eigenvalue weighted by molar-refractivity contribution is -0.128. The van der Waals surface area contributed by atoms with Crippen molar-refractivity contribution in [3.63, 3.8) is 0 Å². The average Bonchev–Trinajstić information content (AvgIpc) is 2.59. The molecule has 2 rings (SSSR count). The maximum Gasteiger partial charge on any atom is 0.336 e. The highest BCUT2D eigenvalue weighted by Crippen LogP contribution is 2.37. The molecule has 25 heavy (non-hydrogen) atoms. The Morgan fingerprint density at radius 3 is 2.56 bits per heavy atom. The number of benzene rings is 2. The summed E-state index contributed by atoms with van der Waals surface area (Å²) in [5.41, 5.74) is 0.712. The maximum atomic E-state index is 11.9. The van der Waals surface area contributed by atoms with Gasteiger partial charge in [-0.05, 0) is 41.8 Å². The van der Waals surface area contributed by atoms with Gasteiger partial charge in [0, 0.05) is 6.08 Å². The average molecular weight is 361 g/mol. The van der Waals surface area contributed by atoms with Crippen LogP contribution in [0.4, 0.5) is 0 Å². The van der Waals surface area contributed by atoms with Gasteiger partial charge in [0.05, 0.1) is 18.7 Å². The lowest BCUT2D eigenvalue weighted by Gasteiger charge is -2.14. The molecular formula is C20H21ClO4. The Balaban J connectivity index is 2.11. The number of para-hydroxylation sites is 1. The Labute approximate surface area is 153 Å². The van der Waals surface area contributed by atoms with Crippen molar-refractivity contribution in [3.8, 4) is 17.2 Å². The minimum Gasteiger partial charge on any atom is -0.493 e. The van der Waals surface area contributed by atoms with Gasteiger partial charge in [0.2, 0.25) is 0 Å². The van der Waals surface area contributed by atoms with E-state index in [0.717, 1.165) is 0 Å². The normalized spacial score (nSPS) is 10.9. The van der Waals surface area contributed by atoms with Gasteiger partial charge in [-0.3, -0.25) is 0 Å². The fraction of sp³-hybridized carbons (Fsp3) is 0.250. The zero-order valence-electron chi connectivity index (χ0n) is 14.5. The van der Waals surface area contributed by atoms with E-state index in [0.29, 0.717) is 40.4 Å². The van der Waals surface area contributed by atoms with Crippen LogP contribution in [0.3, 0.4) is 0 Å². The fourth-order valence-corrected chi connectivity index (χ4v) is 2.30. The Morgan fingerprint density at radius 1 is 1.20 bits per heavy atom. The SMILES string of the molecule is COc1cc(C=CC(=O)Oc2ccccc2)cc(Cl)c1OCC(C)C. The van der Waals surface area contributed by atoms with Gasteiger partial charge in [-0.2, -0.15) is 0 Å². The highest BCUT2D eigenvalue weighted by atomic mass is 35.5. The van der Waals surface area contributed by atoms with Gasteiger partial charge in [0.15, 0.2) is 11.5 Å². The van der Waals surface area contributed by atoms with Crippen molar-refractivity contribution >= 4 is 23.6 Å². The predicted molar refractivity (Wildman–Crippen MR) is 99.4 cm³/mol. The zero-order chi connectivity index (χ0) is 18.2. The monoisotopic (exact) mass is 360 g/mol. The largest absolute Gasteiger partial charge is 0.493 e. The number of hydrogen-bond acceptors (Lipinski definition) is 4. The molecule has 0 aromatic heterocycles. The quantitative estimate of drug-likeness (QED) is 0.396. The van der Waals surface area contributed by atoms with Gasteiger partial charge in [-0.1, -0.05) is 43.6 Å². The molecule has 4 nitrogen and oxygen atoms in total. The number of hydrogen-bond donors (Lipinski definition) is 0. The van der Waals surface area contributed by atoms with Gasteiger partial charge in [0.25, 0.3) is 0 Å². The maximum absolute atomic E-state index is 11.9. The van der Waals surface area contributed by atoms with E-state index in [1.807, 2.05) is 6.07 Å².